The molecule has 1 saturated carbocycles. The molecule has 2 heterocycles. The van der Waals surface area contributed by atoms with Gasteiger partial charge in [-0.25, -0.2) is 9.78 Å². The number of methoxy groups -OCH3 is 1. The van der Waals surface area contributed by atoms with Crippen LogP contribution in [0.15, 0.2) is 61.2 Å². The third kappa shape index (κ3) is 11.4. The molecule has 12 heteroatoms. The van der Waals surface area contributed by atoms with Crippen LogP contribution < -0.4 is 10.6 Å². The van der Waals surface area contributed by atoms with Gasteiger partial charge in [0.15, 0.2) is 0 Å². The normalized spacial score (nSPS) is 21.2. The van der Waals surface area contributed by atoms with E-state index in [4.69, 9.17) is 26.2 Å². The number of aromatic nitrogens is 2. The van der Waals surface area contributed by atoms with Crippen LogP contribution in [-0.4, -0.2) is 95.1 Å². The average molecular weight is 757 g/mol. The molecule has 1 aliphatic heterocycles. The Morgan fingerprint density at radius 1 is 1.15 bits per heavy atom. The van der Waals surface area contributed by atoms with Crippen molar-refractivity contribution in [2.45, 2.75) is 97.9 Å². The highest BCUT2D eigenvalue weighted by Crippen LogP contribution is 2.44. The number of halogens is 1. The Labute approximate surface area is 323 Å². The Kier molecular flexibility index (Phi) is 19.4. The third-order valence-corrected chi connectivity index (χ3v) is 10.1. The minimum Gasteiger partial charge on any atom is -0.449 e. The van der Waals surface area contributed by atoms with E-state index in [9.17, 15) is 9.59 Å². The molecule has 4 atom stereocenters. The number of benzene rings is 1. The molecule has 0 spiro atoms. The molecule has 3 N–H and O–H groups in total. The smallest absolute Gasteiger partial charge is 0.409 e. The molecule has 53 heavy (non-hydrogen) atoms. The predicted molar refractivity (Wildman–Crippen MR) is 216 cm³/mol. The number of hydrogen-bond donors (Lipinski definition) is 3. The molecule has 2 aliphatic carbocycles. The first-order valence-corrected chi connectivity index (χ1v) is 19.5. The second kappa shape index (κ2) is 22.5. The number of allylic oxidation sites excluding steroid dienone is 2. The first kappa shape index (κ1) is 45.5. The van der Waals surface area contributed by atoms with E-state index < -0.39 is 11.6 Å². The molecule has 4 unspecified atom stereocenters. The maximum Gasteiger partial charge on any atom is 0.409 e. The number of carbonyl (C=O) groups excluding carboxylic acids is 2. The number of aliphatic hydroxyl groups excluding tert-OH is 1. The van der Waals surface area contributed by atoms with E-state index in [-0.39, 0.29) is 24.1 Å². The highest BCUT2D eigenvalue weighted by Gasteiger charge is 2.51. The van der Waals surface area contributed by atoms with E-state index in [0.29, 0.717) is 63.0 Å². The van der Waals surface area contributed by atoms with Gasteiger partial charge in [0.25, 0.3) is 5.91 Å². The molecule has 3 aliphatic rings. The van der Waals surface area contributed by atoms with Crippen molar-refractivity contribution in [2.24, 2.45) is 13.0 Å². The van der Waals surface area contributed by atoms with Crippen LogP contribution in [0.2, 0.25) is 5.02 Å². The van der Waals surface area contributed by atoms with E-state index in [0.717, 1.165) is 41.5 Å². The summed E-state index contributed by atoms with van der Waals surface area (Å²) < 4.78 is 13.2. The number of aryl methyl sites for hydroxylation is 1. The Balaban J connectivity index is 0.00000154. The average Bonchev–Trinajstić information content (AvgIpc) is 3.89. The summed E-state index contributed by atoms with van der Waals surface area (Å²) >= 11 is 6.74. The highest BCUT2D eigenvalue weighted by molar-refractivity contribution is 6.30. The van der Waals surface area contributed by atoms with Gasteiger partial charge in [-0.2, -0.15) is 0 Å². The second-order valence-corrected chi connectivity index (χ2v) is 13.4. The number of rotatable bonds is 11. The third-order valence-electron chi connectivity index (χ3n) is 9.83. The lowest BCUT2D eigenvalue weighted by molar-refractivity contribution is -0.134. The molecule has 296 valence electrons. The summed E-state index contributed by atoms with van der Waals surface area (Å²) in [6.07, 6.45) is 12.3. The van der Waals surface area contributed by atoms with Crippen LogP contribution in [0, 0.1) is 5.92 Å². The molecule has 1 saturated heterocycles. The number of ether oxygens (including phenoxy) is 2. The Morgan fingerprint density at radius 3 is 2.36 bits per heavy atom. The van der Waals surface area contributed by atoms with Crippen molar-refractivity contribution in [3.8, 4) is 0 Å². The number of carbonyl (C=O) groups is 2. The van der Waals surface area contributed by atoms with E-state index in [1.807, 2.05) is 70.6 Å². The second-order valence-electron chi connectivity index (χ2n) is 13.0. The molecule has 0 bridgehead atoms. The Bertz CT molecular complexity index is 1510. The molecular weight excluding hydrogens is 692 g/mol. The number of nitrogens with zero attached hydrogens (tertiary/aromatic N) is 4. The minimum atomic E-state index is -0.806. The summed E-state index contributed by atoms with van der Waals surface area (Å²) in [6.45, 7) is 21.6. The molecule has 2 amide bonds. The highest BCUT2D eigenvalue weighted by atomic mass is 35.5. The van der Waals surface area contributed by atoms with Gasteiger partial charge in [0.1, 0.15) is 5.60 Å². The van der Waals surface area contributed by atoms with Crippen molar-refractivity contribution >= 4 is 29.2 Å². The van der Waals surface area contributed by atoms with Crippen LogP contribution in [0.5, 0.6) is 0 Å². The molecule has 2 aromatic rings. The van der Waals surface area contributed by atoms with Gasteiger partial charge < -0.3 is 34.7 Å². The van der Waals surface area contributed by atoms with Crippen molar-refractivity contribution in [3.63, 3.8) is 0 Å². The Hall–Kier alpha value is -3.64. The van der Waals surface area contributed by atoms with Gasteiger partial charge in [0.2, 0.25) is 0 Å². The van der Waals surface area contributed by atoms with Crippen molar-refractivity contribution in [3.05, 3.63) is 83.1 Å². The van der Waals surface area contributed by atoms with Gasteiger partial charge in [-0.15, -0.1) is 0 Å². The van der Waals surface area contributed by atoms with Gasteiger partial charge in [-0.1, -0.05) is 84.4 Å². The zero-order chi connectivity index (χ0) is 39.7. The van der Waals surface area contributed by atoms with Crippen LogP contribution in [0.25, 0.3) is 5.57 Å². The molecule has 11 nitrogen and oxygen atoms in total. The number of aliphatic hydroxyl groups is 1. The van der Waals surface area contributed by atoms with Crippen molar-refractivity contribution in [1.82, 2.24) is 30.0 Å². The predicted octanol–water partition coefficient (Wildman–Crippen LogP) is 7.45. The van der Waals surface area contributed by atoms with Crippen LogP contribution in [0.4, 0.5) is 4.79 Å². The van der Waals surface area contributed by atoms with Crippen molar-refractivity contribution in [2.75, 3.05) is 47.0 Å². The molecule has 2 fully saturated rings. The maximum absolute atomic E-state index is 13.7. The standard InChI is InChI=1S/C36H49ClN6O4.2C2H6.CH4O/c1-7-15-39-31-25(4)9-11-27(32(30-21-38-23-41(30)5)40-34(44)36(46-6)13-14-36)29-20-26(37)10-12-28(29)33(31)42-16-18-43(19-17-42)35(45)47-22-24(3)8-2;3*1-2/h7,10-12,15,20-21,23-24,31-33,39H,4,8-9,13-14,16-19,22H2,1-3,5-6H3,(H,40,44);2*1-2H3;2H,1H3/b15-7-,27-11+;;;. The topological polar surface area (TPSA) is 121 Å². The first-order valence-electron chi connectivity index (χ1n) is 19.1. The van der Waals surface area contributed by atoms with Crippen molar-refractivity contribution in [1.29, 1.82) is 0 Å². The van der Waals surface area contributed by atoms with E-state index in [1.54, 1.807) is 24.5 Å². The lowest BCUT2D eigenvalue weighted by Gasteiger charge is -2.44. The van der Waals surface area contributed by atoms with Crippen molar-refractivity contribution < 1.29 is 24.2 Å². The number of amides is 2. The molecule has 5 rings (SSSR count). The minimum absolute atomic E-state index is 0.124. The van der Waals surface area contributed by atoms with Crippen LogP contribution >= 0.6 is 11.6 Å². The quantitative estimate of drug-likeness (QED) is 0.202. The number of piperazine rings is 1. The molecule has 1 aromatic carbocycles. The monoisotopic (exact) mass is 756 g/mol. The molecule has 1 aromatic heterocycles. The summed E-state index contributed by atoms with van der Waals surface area (Å²) in [7, 11) is 4.52. The number of imidazole rings is 1. The van der Waals surface area contributed by atoms with Gasteiger partial charge >= 0.3 is 6.09 Å². The summed E-state index contributed by atoms with van der Waals surface area (Å²) in [6, 6.07) is 5.24. The van der Waals surface area contributed by atoms with Crippen LogP contribution in [0.1, 0.15) is 103 Å². The fourth-order valence-corrected chi connectivity index (χ4v) is 6.64. The van der Waals surface area contributed by atoms with E-state index in [2.05, 4.69) is 53.1 Å². The molecular formula is C41H65ClN6O5. The van der Waals surface area contributed by atoms with Crippen LogP contribution in [0.3, 0.4) is 0 Å². The fraction of sp³-hybridized carbons (Fsp3) is 0.585. The number of hydrogen-bond acceptors (Lipinski definition) is 8. The van der Waals surface area contributed by atoms with Gasteiger partial charge in [-0.3, -0.25) is 9.69 Å². The van der Waals surface area contributed by atoms with Crippen LogP contribution in [-0.2, 0) is 21.3 Å². The number of fused-ring (bicyclic) bond motifs is 1. The van der Waals surface area contributed by atoms with Gasteiger partial charge in [0.05, 0.1) is 43.0 Å². The Morgan fingerprint density at radius 2 is 1.81 bits per heavy atom. The zero-order valence-corrected chi connectivity index (χ0v) is 34.5. The van der Waals surface area contributed by atoms with E-state index >= 15 is 0 Å². The largest absolute Gasteiger partial charge is 0.449 e. The zero-order valence-electron chi connectivity index (χ0n) is 33.7. The lowest BCUT2D eigenvalue weighted by Crippen LogP contribution is -2.54. The van der Waals surface area contributed by atoms with Gasteiger partial charge in [-0.05, 0) is 72.7 Å². The fourth-order valence-electron chi connectivity index (χ4n) is 6.47. The summed E-state index contributed by atoms with van der Waals surface area (Å²) in [4.78, 5) is 35.2. The first-order chi connectivity index (χ1) is 25.6. The van der Waals surface area contributed by atoms with Gasteiger partial charge in [0, 0.05) is 52.5 Å². The van der Waals surface area contributed by atoms with E-state index in [1.165, 1.54) is 0 Å². The summed E-state index contributed by atoms with van der Waals surface area (Å²) in [5.74, 6) is 0.187. The number of nitrogens with one attached hydrogen (secondary N) is 2. The lowest BCUT2D eigenvalue weighted by atomic mass is 9.80. The summed E-state index contributed by atoms with van der Waals surface area (Å²) in [5.41, 5.74) is 3.98. The molecule has 0 radical (unpaired) electrons. The SMILES string of the molecule is C=C1C/C=C(/C(NC(=O)C2(OC)CC2)c2cncn2C)c2cc(Cl)ccc2C(N2CCN(C(=O)OCC(C)CC)CC2)C1N/C=C\C.CC.CC.CO. The summed E-state index contributed by atoms with van der Waals surface area (Å²) in [5, 5.41) is 14.6. The maximum atomic E-state index is 13.7.